The first-order chi connectivity index (χ1) is 8.56. The van der Waals surface area contributed by atoms with Crippen molar-refractivity contribution in [2.24, 2.45) is 0 Å². The Morgan fingerprint density at radius 1 is 1.44 bits per heavy atom. The summed E-state index contributed by atoms with van der Waals surface area (Å²) >= 11 is 6.01. The van der Waals surface area contributed by atoms with Crippen molar-refractivity contribution in [3.05, 3.63) is 40.9 Å². The molecule has 96 valence electrons. The molecule has 2 heterocycles. The Bertz CT molecular complexity index is 514. The van der Waals surface area contributed by atoms with E-state index in [1.807, 2.05) is 25.3 Å². The lowest BCUT2D eigenvalue weighted by Crippen LogP contribution is -2.22. The van der Waals surface area contributed by atoms with Crippen LogP contribution in [0.2, 0.25) is 5.02 Å². The summed E-state index contributed by atoms with van der Waals surface area (Å²) in [6, 6.07) is 4.37. The molecule has 0 unspecified atom stereocenters. The number of nitrogens with zero attached hydrogens (tertiary/aromatic N) is 3. The van der Waals surface area contributed by atoms with Crippen LogP contribution in [0.4, 0.5) is 0 Å². The van der Waals surface area contributed by atoms with Crippen LogP contribution in [0.15, 0.2) is 24.5 Å². The predicted molar refractivity (Wildman–Crippen MR) is 73.1 cm³/mol. The lowest BCUT2D eigenvalue weighted by Gasteiger charge is -2.08. The minimum Gasteiger partial charge on any atom is -0.309 e. The van der Waals surface area contributed by atoms with Gasteiger partial charge in [-0.3, -0.25) is 4.98 Å². The lowest BCUT2D eigenvalue weighted by molar-refractivity contribution is 0.581. The van der Waals surface area contributed by atoms with Crippen molar-refractivity contribution in [2.75, 3.05) is 0 Å². The number of hydrogen-bond donors (Lipinski definition) is 1. The van der Waals surface area contributed by atoms with Gasteiger partial charge >= 0.3 is 0 Å². The van der Waals surface area contributed by atoms with Crippen molar-refractivity contribution in [3.8, 4) is 5.69 Å². The molecule has 18 heavy (non-hydrogen) atoms. The number of halogens is 1. The van der Waals surface area contributed by atoms with Crippen molar-refractivity contribution in [1.29, 1.82) is 0 Å². The topological polar surface area (TPSA) is 42.7 Å². The van der Waals surface area contributed by atoms with Crippen molar-refractivity contribution < 1.29 is 0 Å². The molecule has 0 saturated heterocycles. The van der Waals surface area contributed by atoms with Crippen molar-refractivity contribution in [2.45, 2.75) is 33.4 Å². The summed E-state index contributed by atoms with van der Waals surface area (Å²) in [7, 11) is 0. The van der Waals surface area contributed by atoms with E-state index in [-0.39, 0.29) is 0 Å². The molecule has 0 aromatic carbocycles. The van der Waals surface area contributed by atoms with Gasteiger partial charge in [0.25, 0.3) is 0 Å². The molecule has 0 aliphatic heterocycles. The summed E-state index contributed by atoms with van der Waals surface area (Å²) in [5.41, 5.74) is 2.79. The quantitative estimate of drug-likeness (QED) is 0.923. The Kier molecular flexibility index (Phi) is 3.99. The fourth-order valence-corrected chi connectivity index (χ4v) is 1.71. The van der Waals surface area contributed by atoms with Gasteiger partial charge in [-0.1, -0.05) is 25.4 Å². The van der Waals surface area contributed by atoms with E-state index in [4.69, 9.17) is 11.6 Å². The summed E-state index contributed by atoms with van der Waals surface area (Å²) in [5, 5.41) is 8.37. The van der Waals surface area contributed by atoms with Crippen molar-refractivity contribution in [3.63, 3.8) is 0 Å². The number of aromatic nitrogens is 3. The van der Waals surface area contributed by atoms with E-state index in [0.29, 0.717) is 11.1 Å². The molecule has 2 rings (SSSR count). The Hall–Kier alpha value is -1.39. The summed E-state index contributed by atoms with van der Waals surface area (Å²) in [4.78, 5) is 4.33. The van der Waals surface area contributed by atoms with E-state index in [0.717, 1.165) is 23.6 Å². The van der Waals surface area contributed by atoms with Gasteiger partial charge < -0.3 is 5.32 Å². The summed E-state index contributed by atoms with van der Waals surface area (Å²) in [5.74, 6) is 0. The average Bonchev–Trinajstić information content (AvgIpc) is 2.68. The van der Waals surface area contributed by atoms with Gasteiger partial charge in [0.05, 0.1) is 22.1 Å². The minimum absolute atomic E-state index is 0.442. The highest BCUT2D eigenvalue weighted by Gasteiger charge is 2.05. The van der Waals surface area contributed by atoms with Crippen LogP contribution in [0.25, 0.3) is 5.69 Å². The van der Waals surface area contributed by atoms with Gasteiger partial charge in [0, 0.05) is 25.0 Å². The van der Waals surface area contributed by atoms with E-state index in [9.17, 15) is 0 Å². The monoisotopic (exact) mass is 264 g/mol. The smallest absolute Gasteiger partial charge is 0.0819 e. The molecule has 0 bridgehead atoms. The lowest BCUT2D eigenvalue weighted by atomic mass is 10.3. The zero-order chi connectivity index (χ0) is 13.1. The van der Waals surface area contributed by atoms with Crippen LogP contribution in [-0.2, 0) is 6.54 Å². The molecule has 0 fully saturated rings. The largest absolute Gasteiger partial charge is 0.309 e. The molecule has 4 nitrogen and oxygen atoms in total. The summed E-state index contributed by atoms with van der Waals surface area (Å²) in [6.07, 6.45) is 3.60. The Labute approximate surface area is 112 Å². The first-order valence-electron chi connectivity index (χ1n) is 5.96. The van der Waals surface area contributed by atoms with Crippen LogP contribution in [-0.4, -0.2) is 20.8 Å². The Balaban J connectivity index is 2.21. The molecule has 5 heteroatoms. The van der Waals surface area contributed by atoms with Crippen molar-refractivity contribution in [1.82, 2.24) is 20.1 Å². The Morgan fingerprint density at radius 2 is 2.22 bits per heavy atom. The summed E-state index contributed by atoms with van der Waals surface area (Å²) in [6.45, 7) is 6.86. The number of aryl methyl sites for hydroxylation is 1. The van der Waals surface area contributed by atoms with E-state index in [2.05, 4.69) is 29.2 Å². The second-order valence-electron chi connectivity index (χ2n) is 4.55. The third-order valence-corrected chi connectivity index (χ3v) is 2.97. The van der Waals surface area contributed by atoms with Gasteiger partial charge in [0.15, 0.2) is 0 Å². The normalized spacial score (nSPS) is 11.2. The average molecular weight is 265 g/mol. The van der Waals surface area contributed by atoms with Crippen LogP contribution >= 0.6 is 11.6 Å². The molecule has 0 aliphatic carbocycles. The second-order valence-corrected chi connectivity index (χ2v) is 4.96. The predicted octanol–water partition coefficient (Wildman–Crippen LogP) is 2.73. The highest BCUT2D eigenvalue weighted by Crippen LogP contribution is 2.16. The number of rotatable bonds is 4. The number of hydrogen-bond acceptors (Lipinski definition) is 3. The van der Waals surface area contributed by atoms with E-state index in [1.54, 1.807) is 10.9 Å². The zero-order valence-corrected chi connectivity index (χ0v) is 11.6. The zero-order valence-electron chi connectivity index (χ0n) is 10.8. The van der Waals surface area contributed by atoms with E-state index < -0.39 is 0 Å². The molecule has 0 radical (unpaired) electrons. The van der Waals surface area contributed by atoms with Crippen LogP contribution < -0.4 is 5.32 Å². The van der Waals surface area contributed by atoms with Crippen LogP contribution in [0, 0.1) is 6.92 Å². The van der Waals surface area contributed by atoms with Gasteiger partial charge in [-0.2, -0.15) is 5.10 Å². The minimum atomic E-state index is 0.442. The third kappa shape index (κ3) is 3.09. The molecule has 0 saturated carbocycles. The fraction of sp³-hybridized carbons (Fsp3) is 0.385. The second kappa shape index (κ2) is 5.50. The molecule has 0 amide bonds. The maximum atomic E-state index is 6.01. The van der Waals surface area contributed by atoms with Gasteiger partial charge in [-0.05, 0) is 19.1 Å². The Morgan fingerprint density at radius 3 is 2.83 bits per heavy atom. The van der Waals surface area contributed by atoms with Crippen molar-refractivity contribution >= 4 is 11.6 Å². The van der Waals surface area contributed by atoms with Gasteiger partial charge in [-0.15, -0.1) is 0 Å². The maximum Gasteiger partial charge on any atom is 0.0819 e. The molecule has 0 atom stereocenters. The summed E-state index contributed by atoms with van der Waals surface area (Å²) < 4.78 is 1.78. The first kappa shape index (κ1) is 13.1. The highest BCUT2D eigenvalue weighted by atomic mass is 35.5. The third-order valence-electron chi connectivity index (χ3n) is 2.60. The molecular formula is C13H17ClN4. The number of nitrogens with one attached hydrogen (secondary N) is 1. The van der Waals surface area contributed by atoms with E-state index in [1.165, 1.54) is 0 Å². The molecule has 2 aromatic rings. The van der Waals surface area contributed by atoms with Crippen LogP contribution in [0.1, 0.15) is 25.2 Å². The standard InChI is InChI=1S/C13H17ClN4/c1-9(2)16-7-11-6-12(4-5-15-11)18-8-13(14)10(3)17-18/h4-6,8-9,16H,7H2,1-3H3. The molecular weight excluding hydrogens is 248 g/mol. The molecule has 2 aromatic heterocycles. The van der Waals surface area contributed by atoms with Gasteiger partial charge in [0.1, 0.15) is 0 Å². The van der Waals surface area contributed by atoms with Gasteiger partial charge in [-0.25, -0.2) is 4.68 Å². The highest BCUT2D eigenvalue weighted by molar-refractivity contribution is 6.31. The van der Waals surface area contributed by atoms with Crippen LogP contribution in [0.5, 0.6) is 0 Å². The van der Waals surface area contributed by atoms with E-state index >= 15 is 0 Å². The molecule has 0 aliphatic rings. The number of pyridine rings is 1. The molecule has 1 N–H and O–H groups in total. The van der Waals surface area contributed by atoms with Gasteiger partial charge in [0.2, 0.25) is 0 Å². The SMILES string of the molecule is Cc1nn(-c2ccnc(CNC(C)C)c2)cc1Cl. The fourth-order valence-electron chi connectivity index (χ4n) is 1.58. The molecule has 0 spiro atoms. The first-order valence-corrected chi connectivity index (χ1v) is 6.34. The maximum absolute atomic E-state index is 6.01. The van der Waals surface area contributed by atoms with Crippen LogP contribution in [0.3, 0.4) is 0 Å².